The minimum Gasteiger partial charge on any atom is -0.380 e. The molecule has 0 spiro atoms. The Balaban J connectivity index is 3.25. The Morgan fingerprint density at radius 2 is 1.83 bits per heavy atom. The van der Waals surface area contributed by atoms with Gasteiger partial charge in [-0.1, -0.05) is 31.4 Å². The van der Waals surface area contributed by atoms with E-state index >= 15 is 0 Å². The van der Waals surface area contributed by atoms with Gasteiger partial charge in [0.05, 0.1) is 9.98 Å². The Kier molecular flexibility index (Phi) is 7.29. The van der Waals surface area contributed by atoms with E-state index in [-0.39, 0.29) is 0 Å². The third-order valence-electron chi connectivity index (χ3n) is 1.30. The molecule has 0 aromatic heterocycles. The van der Waals surface area contributed by atoms with E-state index in [0.29, 0.717) is 0 Å². The largest absolute Gasteiger partial charge is 0.380 e. The fourth-order valence-corrected chi connectivity index (χ4v) is 1.01. The zero-order valence-electron chi connectivity index (χ0n) is 7.64. The van der Waals surface area contributed by atoms with E-state index in [9.17, 15) is 0 Å². The Morgan fingerprint density at radius 3 is 2.33 bits per heavy atom. The Morgan fingerprint density at radius 1 is 1.17 bits per heavy atom. The van der Waals surface area contributed by atoms with Gasteiger partial charge >= 0.3 is 0 Å². The molecular weight excluding hydrogens is 188 g/mol. The van der Waals surface area contributed by atoms with Crippen LogP contribution in [0.2, 0.25) is 0 Å². The van der Waals surface area contributed by atoms with Crippen LogP contribution < -0.4 is 10.6 Å². The third kappa shape index (κ3) is 7.88. The predicted molar refractivity (Wildman–Crippen MR) is 61.8 cm³/mol. The minimum absolute atomic E-state index is 0.827. The highest BCUT2D eigenvalue weighted by Gasteiger charge is 1.94. The number of thiocarbonyl (C=S) groups is 2. The summed E-state index contributed by atoms with van der Waals surface area (Å²) in [4.78, 5) is 1.74. The molecule has 0 saturated heterocycles. The predicted octanol–water partition coefficient (Wildman–Crippen LogP) is 1.64. The molecule has 2 nitrogen and oxygen atoms in total. The molecule has 0 amide bonds. The van der Waals surface area contributed by atoms with E-state index in [2.05, 4.69) is 17.6 Å². The fraction of sp³-hybridized carbons (Fsp3) is 0.750. The van der Waals surface area contributed by atoms with Crippen molar-refractivity contribution in [3.05, 3.63) is 0 Å². The zero-order chi connectivity index (χ0) is 9.40. The maximum absolute atomic E-state index is 5.08. The number of rotatable bonds is 5. The van der Waals surface area contributed by atoms with Crippen molar-refractivity contribution in [3.63, 3.8) is 0 Å². The van der Waals surface area contributed by atoms with E-state index in [1.807, 2.05) is 6.92 Å². The number of hydrogen-bond acceptors (Lipinski definition) is 2. The van der Waals surface area contributed by atoms with Crippen LogP contribution in [0.3, 0.4) is 0 Å². The SMILES string of the molecule is CCCNC(=S)CCNC(C)=S. The summed E-state index contributed by atoms with van der Waals surface area (Å²) >= 11 is 9.94. The van der Waals surface area contributed by atoms with Crippen LogP contribution in [-0.2, 0) is 0 Å². The molecule has 0 heterocycles. The first-order chi connectivity index (χ1) is 5.66. The lowest BCUT2D eigenvalue weighted by Gasteiger charge is -2.07. The summed E-state index contributed by atoms with van der Waals surface area (Å²) in [5, 5.41) is 6.21. The lowest BCUT2D eigenvalue weighted by molar-refractivity contribution is 0.818. The minimum atomic E-state index is 0.827. The summed E-state index contributed by atoms with van der Waals surface area (Å²) in [6.45, 7) is 5.80. The van der Waals surface area contributed by atoms with Crippen molar-refractivity contribution in [3.8, 4) is 0 Å². The van der Waals surface area contributed by atoms with Gasteiger partial charge in [0.25, 0.3) is 0 Å². The Hall–Kier alpha value is -0.220. The van der Waals surface area contributed by atoms with E-state index in [0.717, 1.165) is 35.9 Å². The van der Waals surface area contributed by atoms with Crippen molar-refractivity contribution in [2.24, 2.45) is 0 Å². The Bertz CT molecular complexity index is 157. The molecule has 0 atom stereocenters. The molecule has 0 bridgehead atoms. The summed E-state index contributed by atoms with van der Waals surface area (Å²) in [5.74, 6) is 0. The summed E-state index contributed by atoms with van der Waals surface area (Å²) < 4.78 is 0. The van der Waals surface area contributed by atoms with Crippen molar-refractivity contribution < 1.29 is 0 Å². The molecule has 0 fully saturated rings. The molecule has 0 aliphatic carbocycles. The monoisotopic (exact) mass is 204 g/mol. The van der Waals surface area contributed by atoms with Crippen molar-refractivity contribution in [2.45, 2.75) is 26.7 Å². The van der Waals surface area contributed by atoms with Crippen LogP contribution >= 0.6 is 24.4 Å². The summed E-state index contributed by atoms with van der Waals surface area (Å²) in [6.07, 6.45) is 1.98. The van der Waals surface area contributed by atoms with Crippen LogP contribution in [0.25, 0.3) is 0 Å². The standard InChI is InChI=1S/C8H16N2S2/c1-3-5-10-8(12)4-6-9-7(2)11/h3-6H2,1-2H3,(H,9,11)(H,10,12). The van der Waals surface area contributed by atoms with Crippen LogP contribution in [0.4, 0.5) is 0 Å². The number of nitrogens with one attached hydrogen (secondary N) is 2. The molecule has 70 valence electrons. The highest BCUT2D eigenvalue weighted by molar-refractivity contribution is 7.80. The number of hydrogen-bond donors (Lipinski definition) is 2. The lowest BCUT2D eigenvalue weighted by Crippen LogP contribution is -2.28. The average molecular weight is 204 g/mol. The van der Waals surface area contributed by atoms with E-state index in [1.165, 1.54) is 0 Å². The maximum Gasteiger partial charge on any atom is 0.0771 e. The third-order valence-corrected chi connectivity index (χ3v) is 1.79. The van der Waals surface area contributed by atoms with Crippen molar-refractivity contribution in [1.29, 1.82) is 0 Å². The second-order valence-corrected chi connectivity index (χ2v) is 3.69. The van der Waals surface area contributed by atoms with Gasteiger partial charge in [-0.05, 0) is 13.3 Å². The van der Waals surface area contributed by atoms with Gasteiger partial charge in [-0.15, -0.1) is 0 Å². The first-order valence-corrected chi connectivity index (χ1v) is 4.99. The van der Waals surface area contributed by atoms with E-state index < -0.39 is 0 Å². The molecule has 12 heavy (non-hydrogen) atoms. The average Bonchev–Trinajstić information content (AvgIpc) is 2.00. The van der Waals surface area contributed by atoms with Gasteiger partial charge in [-0.25, -0.2) is 0 Å². The summed E-state index contributed by atoms with van der Waals surface area (Å²) in [5.41, 5.74) is 0. The van der Waals surface area contributed by atoms with Gasteiger partial charge in [0.2, 0.25) is 0 Å². The molecule has 2 N–H and O–H groups in total. The molecule has 0 saturated carbocycles. The highest BCUT2D eigenvalue weighted by atomic mass is 32.1. The van der Waals surface area contributed by atoms with Crippen molar-refractivity contribution in [2.75, 3.05) is 13.1 Å². The van der Waals surface area contributed by atoms with Gasteiger partial charge in [0.1, 0.15) is 0 Å². The molecule has 4 heteroatoms. The van der Waals surface area contributed by atoms with Crippen LogP contribution in [-0.4, -0.2) is 23.1 Å². The van der Waals surface area contributed by atoms with Crippen molar-refractivity contribution in [1.82, 2.24) is 10.6 Å². The van der Waals surface area contributed by atoms with Crippen LogP contribution in [0, 0.1) is 0 Å². The lowest BCUT2D eigenvalue weighted by atomic mass is 10.4. The molecule has 0 aromatic carbocycles. The maximum atomic E-state index is 5.08. The normalized spacial score (nSPS) is 9.17. The fourth-order valence-electron chi connectivity index (χ4n) is 0.705. The van der Waals surface area contributed by atoms with Crippen LogP contribution in [0.15, 0.2) is 0 Å². The van der Waals surface area contributed by atoms with Gasteiger partial charge in [-0.2, -0.15) is 0 Å². The van der Waals surface area contributed by atoms with Crippen LogP contribution in [0.1, 0.15) is 26.7 Å². The molecule has 0 rings (SSSR count). The Labute approximate surface area is 85.1 Å². The molecule has 0 aliphatic rings. The summed E-state index contributed by atoms with van der Waals surface area (Å²) in [7, 11) is 0. The van der Waals surface area contributed by atoms with E-state index in [4.69, 9.17) is 24.4 Å². The molecular formula is C8H16N2S2. The highest BCUT2D eigenvalue weighted by Crippen LogP contribution is 1.82. The summed E-state index contributed by atoms with van der Waals surface area (Å²) in [6, 6.07) is 0. The topological polar surface area (TPSA) is 24.1 Å². The quantitative estimate of drug-likeness (QED) is 0.665. The van der Waals surface area contributed by atoms with Gasteiger partial charge in [0, 0.05) is 19.5 Å². The molecule has 0 aliphatic heterocycles. The molecule has 0 unspecified atom stereocenters. The first kappa shape index (κ1) is 11.8. The zero-order valence-corrected chi connectivity index (χ0v) is 9.28. The van der Waals surface area contributed by atoms with Gasteiger partial charge in [0.15, 0.2) is 0 Å². The van der Waals surface area contributed by atoms with Gasteiger partial charge < -0.3 is 10.6 Å². The van der Waals surface area contributed by atoms with Crippen molar-refractivity contribution >= 4 is 34.4 Å². The van der Waals surface area contributed by atoms with E-state index in [1.54, 1.807) is 0 Å². The van der Waals surface area contributed by atoms with Gasteiger partial charge in [-0.3, -0.25) is 0 Å². The molecule has 0 radical (unpaired) electrons. The smallest absolute Gasteiger partial charge is 0.0771 e. The second kappa shape index (κ2) is 7.43. The first-order valence-electron chi connectivity index (χ1n) is 4.18. The molecule has 0 aromatic rings. The second-order valence-electron chi connectivity index (χ2n) is 2.58. The van der Waals surface area contributed by atoms with Crippen LogP contribution in [0.5, 0.6) is 0 Å².